The van der Waals surface area contributed by atoms with Crippen molar-refractivity contribution in [3.63, 3.8) is 0 Å². The van der Waals surface area contributed by atoms with Gasteiger partial charge in [-0.1, -0.05) is 13.8 Å². The molecule has 5 nitrogen and oxygen atoms in total. The number of anilines is 1. The van der Waals surface area contributed by atoms with Crippen LogP contribution in [0.2, 0.25) is 0 Å². The van der Waals surface area contributed by atoms with Gasteiger partial charge in [0, 0.05) is 12.8 Å². The van der Waals surface area contributed by atoms with Gasteiger partial charge >= 0.3 is 0 Å². The lowest BCUT2D eigenvalue weighted by Gasteiger charge is -2.02. The quantitative estimate of drug-likeness (QED) is 0.836. The lowest BCUT2D eigenvalue weighted by Crippen LogP contribution is -2.04. The van der Waals surface area contributed by atoms with Crippen molar-refractivity contribution in [3.05, 3.63) is 24.3 Å². The summed E-state index contributed by atoms with van der Waals surface area (Å²) >= 11 is 0. The maximum absolute atomic E-state index is 10.9. The van der Waals surface area contributed by atoms with E-state index in [0.29, 0.717) is 0 Å². The standard InChI is InChI=1S/C11H14N4O/c1-7(2)11-12-5-10-4-9(13-8(3)16)6-15(10)14-11/h4-7H,1-3H3,(H,13,16). The van der Waals surface area contributed by atoms with Crippen molar-refractivity contribution in [2.24, 2.45) is 0 Å². The number of nitrogens with zero attached hydrogens (tertiary/aromatic N) is 3. The largest absolute Gasteiger partial charge is 0.325 e. The molecule has 0 unspecified atom stereocenters. The van der Waals surface area contributed by atoms with E-state index in [0.717, 1.165) is 17.0 Å². The van der Waals surface area contributed by atoms with Gasteiger partial charge in [-0.05, 0) is 6.07 Å². The monoisotopic (exact) mass is 218 g/mol. The maximum atomic E-state index is 10.9. The maximum Gasteiger partial charge on any atom is 0.221 e. The summed E-state index contributed by atoms with van der Waals surface area (Å²) < 4.78 is 1.73. The van der Waals surface area contributed by atoms with Gasteiger partial charge in [-0.25, -0.2) is 9.50 Å². The molecule has 0 saturated carbocycles. The number of amides is 1. The summed E-state index contributed by atoms with van der Waals surface area (Å²) in [6, 6.07) is 1.84. The Labute approximate surface area is 93.5 Å². The Hall–Kier alpha value is -1.91. The molecule has 16 heavy (non-hydrogen) atoms. The second kappa shape index (κ2) is 3.92. The van der Waals surface area contributed by atoms with Crippen LogP contribution in [-0.2, 0) is 4.79 Å². The minimum atomic E-state index is -0.0899. The van der Waals surface area contributed by atoms with Crippen molar-refractivity contribution < 1.29 is 4.79 Å². The molecule has 1 amide bonds. The zero-order valence-corrected chi connectivity index (χ0v) is 9.56. The predicted molar refractivity (Wildman–Crippen MR) is 61.4 cm³/mol. The Morgan fingerprint density at radius 2 is 2.25 bits per heavy atom. The number of rotatable bonds is 2. The summed E-state index contributed by atoms with van der Waals surface area (Å²) in [7, 11) is 0. The highest BCUT2D eigenvalue weighted by molar-refractivity contribution is 5.89. The zero-order valence-electron chi connectivity index (χ0n) is 9.56. The minimum absolute atomic E-state index is 0.0899. The highest BCUT2D eigenvalue weighted by Crippen LogP contribution is 2.15. The van der Waals surface area contributed by atoms with Crippen LogP contribution in [0.25, 0.3) is 5.52 Å². The smallest absolute Gasteiger partial charge is 0.221 e. The molecule has 0 spiro atoms. The molecule has 0 aliphatic heterocycles. The number of carbonyl (C=O) groups is 1. The summed E-state index contributed by atoms with van der Waals surface area (Å²) in [5.74, 6) is 0.987. The van der Waals surface area contributed by atoms with Crippen LogP contribution in [0.3, 0.4) is 0 Å². The fourth-order valence-electron chi connectivity index (χ4n) is 1.46. The fraction of sp³-hybridized carbons (Fsp3) is 0.364. The van der Waals surface area contributed by atoms with E-state index in [1.54, 1.807) is 16.9 Å². The Bertz CT molecular complexity index is 530. The van der Waals surface area contributed by atoms with Gasteiger partial charge in [0.25, 0.3) is 0 Å². The first-order chi connectivity index (χ1) is 7.56. The Morgan fingerprint density at radius 1 is 1.50 bits per heavy atom. The zero-order chi connectivity index (χ0) is 11.7. The van der Waals surface area contributed by atoms with Crippen LogP contribution >= 0.6 is 0 Å². The third kappa shape index (κ3) is 2.03. The molecule has 2 rings (SSSR count). The third-order valence-electron chi connectivity index (χ3n) is 2.21. The SMILES string of the molecule is CC(=O)Nc1cc2cnc(C(C)C)nn2c1. The predicted octanol–water partition coefficient (Wildman–Crippen LogP) is 1.81. The molecule has 5 heteroatoms. The molecular formula is C11H14N4O. The highest BCUT2D eigenvalue weighted by atomic mass is 16.1. The molecule has 0 bridgehead atoms. The summed E-state index contributed by atoms with van der Waals surface area (Å²) in [6.07, 6.45) is 3.54. The van der Waals surface area contributed by atoms with Crippen molar-refractivity contribution in [1.29, 1.82) is 0 Å². The first kappa shape index (κ1) is 10.6. The molecule has 0 aliphatic carbocycles. The Morgan fingerprint density at radius 3 is 2.88 bits per heavy atom. The van der Waals surface area contributed by atoms with E-state index in [4.69, 9.17) is 0 Å². The van der Waals surface area contributed by atoms with Gasteiger partial charge in [-0.15, -0.1) is 0 Å². The number of aromatic nitrogens is 3. The molecule has 0 radical (unpaired) electrons. The van der Waals surface area contributed by atoms with Gasteiger partial charge in [-0.2, -0.15) is 5.10 Å². The molecule has 1 N–H and O–H groups in total. The Kier molecular flexibility index (Phi) is 2.60. The van der Waals surface area contributed by atoms with Crippen LogP contribution in [0.1, 0.15) is 32.5 Å². The topological polar surface area (TPSA) is 59.3 Å². The second-order valence-electron chi connectivity index (χ2n) is 4.05. The Balaban J connectivity index is 2.41. The van der Waals surface area contributed by atoms with E-state index >= 15 is 0 Å². The average Bonchev–Trinajstić information content (AvgIpc) is 2.56. The molecule has 2 aromatic heterocycles. The summed E-state index contributed by atoms with van der Waals surface area (Å²) in [5, 5.41) is 7.07. The number of fused-ring (bicyclic) bond motifs is 1. The molecule has 84 valence electrons. The van der Waals surface area contributed by atoms with Gasteiger partial charge in [0.05, 0.1) is 23.6 Å². The molecule has 0 fully saturated rings. The molecule has 2 heterocycles. The second-order valence-corrected chi connectivity index (χ2v) is 4.05. The molecule has 0 saturated heterocycles. The lowest BCUT2D eigenvalue weighted by molar-refractivity contribution is -0.114. The third-order valence-corrected chi connectivity index (χ3v) is 2.21. The minimum Gasteiger partial charge on any atom is -0.325 e. The first-order valence-electron chi connectivity index (χ1n) is 5.19. The lowest BCUT2D eigenvalue weighted by atomic mass is 10.2. The van der Waals surface area contributed by atoms with Crippen molar-refractivity contribution in [2.45, 2.75) is 26.7 Å². The van der Waals surface area contributed by atoms with Crippen LogP contribution in [0.15, 0.2) is 18.5 Å². The number of nitrogens with one attached hydrogen (secondary N) is 1. The average molecular weight is 218 g/mol. The fourth-order valence-corrected chi connectivity index (χ4v) is 1.46. The van der Waals surface area contributed by atoms with E-state index < -0.39 is 0 Å². The number of hydrogen-bond donors (Lipinski definition) is 1. The van der Waals surface area contributed by atoms with Crippen molar-refractivity contribution >= 4 is 17.1 Å². The van der Waals surface area contributed by atoms with Crippen molar-refractivity contribution in [2.75, 3.05) is 5.32 Å². The van der Waals surface area contributed by atoms with Gasteiger partial charge in [0.2, 0.25) is 5.91 Å². The number of carbonyl (C=O) groups excluding carboxylic acids is 1. The highest BCUT2D eigenvalue weighted by Gasteiger charge is 2.06. The van der Waals surface area contributed by atoms with Crippen LogP contribution < -0.4 is 5.32 Å². The molecule has 0 atom stereocenters. The van der Waals surface area contributed by atoms with Gasteiger partial charge in [-0.3, -0.25) is 4.79 Å². The van der Waals surface area contributed by atoms with Crippen molar-refractivity contribution in [3.8, 4) is 0 Å². The van der Waals surface area contributed by atoms with Gasteiger partial charge in [0.15, 0.2) is 5.82 Å². The van der Waals surface area contributed by atoms with Gasteiger partial charge in [0.1, 0.15) is 0 Å². The summed E-state index contributed by atoms with van der Waals surface area (Å²) in [4.78, 5) is 15.2. The normalized spacial score (nSPS) is 11.0. The van der Waals surface area contributed by atoms with Crippen LogP contribution in [0.5, 0.6) is 0 Å². The van der Waals surface area contributed by atoms with Crippen LogP contribution in [0, 0.1) is 0 Å². The molecular weight excluding hydrogens is 204 g/mol. The first-order valence-corrected chi connectivity index (χ1v) is 5.19. The van der Waals surface area contributed by atoms with Gasteiger partial charge < -0.3 is 5.32 Å². The summed E-state index contributed by atoms with van der Waals surface area (Å²) in [6.45, 7) is 5.56. The van der Waals surface area contributed by atoms with Crippen molar-refractivity contribution in [1.82, 2.24) is 14.6 Å². The van der Waals surface area contributed by atoms with E-state index in [2.05, 4.69) is 15.4 Å². The van der Waals surface area contributed by atoms with E-state index in [1.807, 2.05) is 19.9 Å². The number of hydrogen-bond acceptors (Lipinski definition) is 3. The van der Waals surface area contributed by atoms with Crippen LogP contribution in [0.4, 0.5) is 5.69 Å². The molecule has 0 aromatic carbocycles. The van der Waals surface area contributed by atoms with Crippen LogP contribution in [-0.4, -0.2) is 20.5 Å². The summed E-state index contributed by atoms with van der Waals surface area (Å²) in [5.41, 5.74) is 1.61. The van der Waals surface area contributed by atoms with E-state index in [9.17, 15) is 4.79 Å². The molecule has 0 aliphatic rings. The van der Waals surface area contributed by atoms with E-state index in [1.165, 1.54) is 6.92 Å². The van der Waals surface area contributed by atoms with E-state index in [-0.39, 0.29) is 11.8 Å². The molecule has 2 aromatic rings.